The number of aliphatic hydroxyl groups is 1. The number of likely N-dealkylation sites (tertiary alicyclic amines) is 1. The molecule has 1 aliphatic heterocycles. The van der Waals surface area contributed by atoms with Gasteiger partial charge in [0.15, 0.2) is 0 Å². The molecule has 1 amide bonds. The molecule has 0 bridgehead atoms. The van der Waals surface area contributed by atoms with Crippen molar-refractivity contribution >= 4 is 5.91 Å². The first-order valence-electron chi connectivity index (χ1n) is 4.21. The molecule has 4 nitrogen and oxygen atoms in total. The van der Waals surface area contributed by atoms with Crippen molar-refractivity contribution < 1.29 is 9.90 Å². The van der Waals surface area contributed by atoms with Crippen LogP contribution in [0.5, 0.6) is 0 Å². The number of piperidine rings is 1. The predicted octanol–water partition coefficient (Wildman–Crippen LogP) is -0.867. The van der Waals surface area contributed by atoms with Crippen LogP contribution in [0.3, 0.4) is 0 Å². The topological polar surface area (TPSA) is 66.6 Å². The summed E-state index contributed by atoms with van der Waals surface area (Å²) in [5.41, 5.74) is 5.21. The summed E-state index contributed by atoms with van der Waals surface area (Å²) in [4.78, 5) is 12.9. The molecule has 1 rings (SSSR count). The average Bonchev–Trinajstić information content (AvgIpc) is 2.05. The van der Waals surface area contributed by atoms with Gasteiger partial charge in [-0.3, -0.25) is 9.69 Å². The lowest BCUT2D eigenvalue weighted by Gasteiger charge is -2.32. The summed E-state index contributed by atoms with van der Waals surface area (Å²) in [7, 11) is 0. The highest BCUT2D eigenvalue weighted by Gasteiger charge is 2.25. The number of hydrogen-bond acceptors (Lipinski definition) is 3. The van der Waals surface area contributed by atoms with E-state index < -0.39 is 0 Å². The number of carbonyl (C=O) groups excluding carboxylic acids is 1. The second kappa shape index (κ2) is 4.42. The van der Waals surface area contributed by atoms with E-state index in [1.54, 1.807) is 0 Å². The third-order valence-corrected chi connectivity index (χ3v) is 2.17. The third-order valence-electron chi connectivity index (χ3n) is 2.17. The molecule has 12 heavy (non-hydrogen) atoms. The number of carbonyl (C=O) groups is 1. The van der Waals surface area contributed by atoms with Gasteiger partial charge in [0.2, 0.25) is 5.91 Å². The van der Waals surface area contributed by atoms with Gasteiger partial charge in [-0.05, 0) is 25.8 Å². The number of aliphatic hydroxyl groups excluding tert-OH is 1. The van der Waals surface area contributed by atoms with Crippen molar-refractivity contribution in [3.05, 3.63) is 6.42 Å². The van der Waals surface area contributed by atoms with Crippen molar-refractivity contribution in [2.75, 3.05) is 19.7 Å². The van der Waals surface area contributed by atoms with Gasteiger partial charge in [-0.2, -0.15) is 0 Å². The van der Waals surface area contributed by atoms with E-state index in [-0.39, 0.29) is 18.6 Å². The standard InChI is InChI=1S/C8H15N2O2/c9-8(12)7-3-1-2-4-10(7)5-6-11/h1,7,11H,2-6H2,(H2,9,12). The van der Waals surface area contributed by atoms with Crippen molar-refractivity contribution in [1.29, 1.82) is 0 Å². The predicted molar refractivity (Wildman–Crippen MR) is 45.2 cm³/mol. The molecule has 69 valence electrons. The molecule has 0 aromatic rings. The Morgan fingerprint density at radius 2 is 2.50 bits per heavy atom. The van der Waals surface area contributed by atoms with E-state index in [1.165, 1.54) is 0 Å². The van der Waals surface area contributed by atoms with E-state index in [9.17, 15) is 4.79 Å². The molecule has 0 aromatic carbocycles. The van der Waals surface area contributed by atoms with Gasteiger partial charge < -0.3 is 10.8 Å². The van der Waals surface area contributed by atoms with Crippen LogP contribution in [0.15, 0.2) is 0 Å². The normalized spacial score (nSPS) is 25.6. The van der Waals surface area contributed by atoms with Crippen LogP contribution in [0.25, 0.3) is 0 Å². The first-order chi connectivity index (χ1) is 5.75. The van der Waals surface area contributed by atoms with Gasteiger partial charge in [0, 0.05) is 6.54 Å². The third kappa shape index (κ3) is 2.19. The van der Waals surface area contributed by atoms with Gasteiger partial charge in [-0.1, -0.05) is 0 Å². The monoisotopic (exact) mass is 171 g/mol. The van der Waals surface area contributed by atoms with Crippen LogP contribution in [-0.4, -0.2) is 41.7 Å². The Morgan fingerprint density at radius 3 is 3.08 bits per heavy atom. The van der Waals surface area contributed by atoms with Gasteiger partial charge in [0.25, 0.3) is 0 Å². The molecule has 0 aromatic heterocycles. The molecule has 1 atom stereocenters. The fourth-order valence-electron chi connectivity index (χ4n) is 1.53. The van der Waals surface area contributed by atoms with Gasteiger partial charge in [-0.15, -0.1) is 0 Å². The van der Waals surface area contributed by atoms with Crippen molar-refractivity contribution in [3.63, 3.8) is 0 Å². The molecule has 1 aliphatic rings. The quantitative estimate of drug-likeness (QED) is 0.580. The summed E-state index contributed by atoms with van der Waals surface area (Å²) in [5, 5.41) is 8.71. The van der Waals surface area contributed by atoms with E-state index in [1.807, 2.05) is 4.90 Å². The van der Waals surface area contributed by atoms with E-state index in [4.69, 9.17) is 10.8 Å². The fourth-order valence-corrected chi connectivity index (χ4v) is 1.53. The lowest BCUT2D eigenvalue weighted by atomic mass is 10.0. The van der Waals surface area contributed by atoms with E-state index in [0.717, 1.165) is 19.4 Å². The lowest BCUT2D eigenvalue weighted by molar-refractivity contribution is -0.124. The molecule has 3 N–H and O–H groups in total. The Hall–Kier alpha value is -0.610. The SMILES string of the molecule is NC(=O)C1C[CH]CCN1CCO. The Balaban J connectivity index is 2.48. The maximum atomic E-state index is 10.9. The summed E-state index contributed by atoms with van der Waals surface area (Å²) in [6.45, 7) is 1.46. The van der Waals surface area contributed by atoms with Crippen LogP contribution in [-0.2, 0) is 4.79 Å². The highest BCUT2D eigenvalue weighted by atomic mass is 16.3. The fraction of sp³-hybridized carbons (Fsp3) is 0.750. The summed E-state index contributed by atoms with van der Waals surface area (Å²) < 4.78 is 0. The van der Waals surface area contributed by atoms with E-state index in [2.05, 4.69) is 6.42 Å². The van der Waals surface area contributed by atoms with Gasteiger partial charge in [0.05, 0.1) is 12.6 Å². The Morgan fingerprint density at radius 1 is 1.75 bits per heavy atom. The van der Waals surface area contributed by atoms with E-state index in [0.29, 0.717) is 6.54 Å². The molecular weight excluding hydrogens is 156 g/mol. The Labute approximate surface area is 72.3 Å². The highest BCUT2D eigenvalue weighted by molar-refractivity contribution is 5.80. The second-order valence-corrected chi connectivity index (χ2v) is 2.99. The van der Waals surface area contributed by atoms with Gasteiger partial charge in [-0.25, -0.2) is 0 Å². The largest absolute Gasteiger partial charge is 0.395 e. The summed E-state index contributed by atoms with van der Waals surface area (Å²) in [5.74, 6) is -0.292. The van der Waals surface area contributed by atoms with Crippen LogP contribution in [0.4, 0.5) is 0 Å². The van der Waals surface area contributed by atoms with E-state index >= 15 is 0 Å². The minimum Gasteiger partial charge on any atom is -0.395 e. The molecule has 0 spiro atoms. The van der Waals surface area contributed by atoms with Crippen LogP contribution in [0.1, 0.15) is 12.8 Å². The number of β-amino-alcohol motifs (C(OH)–C–C–N with tert-alkyl or cyclic N) is 1. The van der Waals surface area contributed by atoms with Crippen molar-refractivity contribution in [1.82, 2.24) is 4.90 Å². The minimum atomic E-state index is -0.292. The maximum Gasteiger partial charge on any atom is 0.234 e. The number of rotatable bonds is 3. The molecule has 1 heterocycles. The van der Waals surface area contributed by atoms with Crippen molar-refractivity contribution in [2.45, 2.75) is 18.9 Å². The zero-order valence-corrected chi connectivity index (χ0v) is 7.07. The summed E-state index contributed by atoms with van der Waals surface area (Å²) >= 11 is 0. The molecule has 0 saturated carbocycles. The number of nitrogens with two attached hydrogens (primary N) is 1. The molecule has 1 radical (unpaired) electrons. The first kappa shape index (κ1) is 9.48. The molecule has 1 saturated heterocycles. The number of nitrogens with zero attached hydrogens (tertiary/aromatic N) is 1. The Bertz CT molecular complexity index is 159. The number of hydrogen-bond donors (Lipinski definition) is 2. The smallest absolute Gasteiger partial charge is 0.234 e. The number of primary amides is 1. The van der Waals surface area contributed by atoms with Crippen LogP contribution in [0.2, 0.25) is 0 Å². The van der Waals surface area contributed by atoms with Gasteiger partial charge in [0.1, 0.15) is 0 Å². The zero-order valence-electron chi connectivity index (χ0n) is 7.07. The van der Waals surface area contributed by atoms with Crippen LogP contribution in [0, 0.1) is 6.42 Å². The lowest BCUT2D eigenvalue weighted by Crippen LogP contribution is -2.48. The van der Waals surface area contributed by atoms with Crippen LogP contribution >= 0.6 is 0 Å². The summed E-state index contributed by atoms with van der Waals surface area (Å²) in [6, 6.07) is -0.203. The second-order valence-electron chi connectivity index (χ2n) is 2.99. The average molecular weight is 171 g/mol. The number of amides is 1. The van der Waals surface area contributed by atoms with Crippen LogP contribution < -0.4 is 5.73 Å². The first-order valence-corrected chi connectivity index (χ1v) is 4.21. The van der Waals surface area contributed by atoms with Gasteiger partial charge >= 0.3 is 0 Å². The molecule has 4 heteroatoms. The highest BCUT2D eigenvalue weighted by Crippen LogP contribution is 2.14. The zero-order chi connectivity index (χ0) is 8.97. The van der Waals surface area contributed by atoms with Crippen molar-refractivity contribution in [3.8, 4) is 0 Å². The molecule has 0 aliphatic carbocycles. The minimum absolute atomic E-state index is 0.0871. The summed E-state index contributed by atoms with van der Waals surface area (Å²) in [6.07, 6.45) is 3.77. The molecule has 1 fully saturated rings. The van der Waals surface area contributed by atoms with Crippen molar-refractivity contribution in [2.24, 2.45) is 5.73 Å². The maximum absolute atomic E-state index is 10.9. The Kier molecular flexibility index (Phi) is 3.49. The molecule has 1 unspecified atom stereocenters. The molecular formula is C8H15N2O2.